The summed E-state index contributed by atoms with van der Waals surface area (Å²) < 4.78 is 1.16. The molecular weight excluding hydrogens is 342 g/mol. The van der Waals surface area contributed by atoms with E-state index in [-0.39, 0.29) is 5.56 Å². The molecule has 4 aromatic rings. The van der Waals surface area contributed by atoms with Crippen LogP contribution in [0.3, 0.4) is 0 Å². The van der Waals surface area contributed by atoms with E-state index < -0.39 is 0 Å². The third-order valence-corrected chi connectivity index (χ3v) is 5.05. The molecule has 0 unspecified atom stereocenters. The fourth-order valence-corrected chi connectivity index (χ4v) is 3.69. The van der Waals surface area contributed by atoms with Crippen molar-refractivity contribution in [3.8, 4) is 0 Å². The monoisotopic (exact) mass is 355 g/mol. The summed E-state index contributed by atoms with van der Waals surface area (Å²) in [4.78, 5) is 19.6. The minimum Gasteiger partial charge on any atom is -0.381 e. The number of aryl methyl sites for hydroxylation is 1. The van der Waals surface area contributed by atoms with Crippen LogP contribution >= 0.6 is 22.9 Å². The molecule has 0 fully saturated rings. The van der Waals surface area contributed by atoms with Crippen LogP contribution in [0.5, 0.6) is 0 Å². The average molecular weight is 356 g/mol. The summed E-state index contributed by atoms with van der Waals surface area (Å²) in [5.41, 5.74) is 3.27. The van der Waals surface area contributed by atoms with E-state index in [1.807, 2.05) is 43.3 Å². The molecule has 4 nitrogen and oxygen atoms in total. The number of anilines is 1. The van der Waals surface area contributed by atoms with Crippen molar-refractivity contribution >= 4 is 49.7 Å². The Morgan fingerprint density at radius 1 is 1.21 bits per heavy atom. The molecular formula is C18H14ClN3OS. The van der Waals surface area contributed by atoms with Gasteiger partial charge in [0.05, 0.1) is 15.2 Å². The van der Waals surface area contributed by atoms with Gasteiger partial charge in [0.15, 0.2) is 0 Å². The van der Waals surface area contributed by atoms with Gasteiger partial charge in [-0.3, -0.25) is 4.79 Å². The molecule has 6 heteroatoms. The molecule has 0 saturated carbocycles. The van der Waals surface area contributed by atoms with Gasteiger partial charge >= 0.3 is 0 Å². The van der Waals surface area contributed by atoms with E-state index in [1.54, 1.807) is 17.4 Å². The molecule has 0 radical (unpaired) electrons. The SMILES string of the molecule is Cc1nc2cc(NCc3cc4cc(Cl)ccc4[nH]c3=O)ccc2s1. The number of benzene rings is 2. The van der Waals surface area contributed by atoms with Gasteiger partial charge in [-0.2, -0.15) is 0 Å². The maximum Gasteiger partial charge on any atom is 0.253 e. The van der Waals surface area contributed by atoms with Crippen LogP contribution in [0.25, 0.3) is 21.1 Å². The molecule has 0 saturated heterocycles. The van der Waals surface area contributed by atoms with Crippen molar-refractivity contribution in [3.63, 3.8) is 0 Å². The first-order valence-electron chi connectivity index (χ1n) is 7.51. The Hall–Kier alpha value is -2.37. The van der Waals surface area contributed by atoms with Crippen molar-refractivity contribution in [2.75, 3.05) is 5.32 Å². The molecule has 4 rings (SSSR count). The summed E-state index contributed by atoms with van der Waals surface area (Å²) in [6.07, 6.45) is 0. The van der Waals surface area contributed by atoms with Gasteiger partial charge in [0.1, 0.15) is 0 Å². The highest BCUT2D eigenvalue weighted by Crippen LogP contribution is 2.24. The molecule has 2 aromatic carbocycles. The summed E-state index contributed by atoms with van der Waals surface area (Å²) in [5, 5.41) is 5.91. The second-order valence-corrected chi connectivity index (χ2v) is 7.30. The second-order valence-electron chi connectivity index (χ2n) is 5.62. The van der Waals surface area contributed by atoms with E-state index in [9.17, 15) is 4.79 Å². The average Bonchev–Trinajstić information content (AvgIpc) is 2.92. The molecule has 0 spiro atoms. The zero-order valence-corrected chi connectivity index (χ0v) is 14.5. The van der Waals surface area contributed by atoms with Crippen molar-refractivity contribution in [2.24, 2.45) is 0 Å². The standard InChI is InChI=1S/C18H14ClN3OS/c1-10-21-16-8-14(3-5-17(16)24-10)20-9-12-6-11-7-13(19)2-4-15(11)22-18(12)23/h2-8,20H,9H2,1H3,(H,22,23). The second kappa shape index (κ2) is 5.92. The minimum atomic E-state index is -0.0945. The number of thiazole rings is 1. The highest BCUT2D eigenvalue weighted by atomic mass is 35.5. The van der Waals surface area contributed by atoms with Crippen LogP contribution in [-0.4, -0.2) is 9.97 Å². The summed E-state index contributed by atoms with van der Waals surface area (Å²) >= 11 is 7.70. The zero-order valence-electron chi connectivity index (χ0n) is 12.9. The fraction of sp³-hybridized carbons (Fsp3) is 0.111. The smallest absolute Gasteiger partial charge is 0.253 e. The number of nitrogens with zero attached hydrogens (tertiary/aromatic N) is 1. The molecule has 2 heterocycles. The van der Waals surface area contributed by atoms with Crippen LogP contribution in [-0.2, 0) is 6.54 Å². The topological polar surface area (TPSA) is 57.8 Å². The first-order valence-corrected chi connectivity index (χ1v) is 8.70. The van der Waals surface area contributed by atoms with E-state index >= 15 is 0 Å². The quantitative estimate of drug-likeness (QED) is 0.559. The summed E-state index contributed by atoms with van der Waals surface area (Å²) in [6, 6.07) is 13.4. The number of aromatic amines is 1. The Bertz CT molecular complexity index is 1120. The summed E-state index contributed by atoms with van der Waals surface area (Å²) in [5.74, 6) is 0. The van der Waals surface area contributed by atoms with Crippen LogP contribution in [0.4, 0.5) is 5.69 Å². The molecule has 0 amide bonds. The number of aromatic nitrogens is 2. The van der Waals surface area contributed by atoms with Crippen LogP contribution in [0.2, 0.25) is 5.02 Å². The highest BCUT2D eigenvalue weighted by Gasteiger charge is 2.05. The number of hydrogen-bond acceptors (Lipinski definition) is 4. The van der Waals surface area contributed by atoms with Gasteiger partial charge in [0.25, 0.3) is 5.56 Å². The largest absolute Gasteiger partial charge is 0.381 e. The Morgan fingerprint density at radius 2 is 2.08 bits per heavy atom. The first kappa shape index (κ1) is 15.2. The molecule has 0 atom stereocenters. The number of rotatable bonds is 3. The van der Waals surface area contributed by atoms with Crippen molar-refractivity contribution in [2.45, 2.75) is 13.5 Å². The van der Waals surface area contributed by atoms with Gasteiger partial charge in [-0.25, -0.2) is 4.98 Å². The molecule has 0 bridgehead atoms. The van der Waals surface area contributed by atoms with Gasteiger partial charge in [0, 0.05) is 33.7 Å². The van der Waals surface area contributed by atoms with Gasteiger partial charge in [-0.15, -0.1) is 11.3 Å². The lowest BCUT2D eigenvalue weighted by molar-refractivity contribution is 1.09. The molecule has 2 N–H and O–H groups in total. The predicted octanol–water partition coefficient (Wildman–Crippen LogP) is 4.71. The van der Waals surface area contributed by atoms with E-state index in [2.05, 4.69) is 15.3 Å². The molecule has 24 heavy (non-hydrogen) atoms. The number of fused-ring (bicyclic) bond motifs is 2. The molecule has 120 valence electrons. The number of halogens is 1. The van der Waals surface area contributed by atoms with Crippen molar-refractivity contribution in [1.82, 2.24) is 9.97 Å². The maximum atomic E-state index is 12.2. The lowest BCUT2D eigenvalue weighted by atomic mass is 10.1. The van der Waals surface area contributed by atoms with Gasteiger partial charge < -0.3 is 10.3 Å². The fourth-order valence-electron chi connectivity index (χ4n) is 2.70. The Morgan fingerprint density at radius 3 is 2.96 bits per heavy atom. The lowest BCUT2D eigenvalue weighted by Gasteiger charge is -2.07. The Kier molecular flexibility index (Phi) is 3.75. The third kappa shape index (κ3) is 2.88. The van der Waals surface area contributed by atoms with Crippen molar-refractivity contribution < 1.29 is 0 Å². The number of hydrogen-bond donors (Lipinski definition) is 2. The lowest BCUT2D eigenvalue weighted by Crippen LogP contribution is -2.15. The van der Waals surface area contributed by atoms with Crippen LogP contribution < -0.4 is 10.9 Å². The van der Waals surface area contributed by atoms with Gasteiger partial charge in [-0.05, 0) is 49.4 Å². The number of nitrogens with one attached hydrogen (secondary N) is 2. The minimum absolute atomic E-state index is 0.0945. The summed E-state index contributed by atoms with van der Waals surface area (Å²) in [7, 11) is 0. The normalized spacial score (nSPS) is 11.2. The zero-order chi connectivity index (χ0) is 16.7. The van der Waals surface area contributed by atoms with Gasteiger partial charge in [0.2, 0.25) is 0 Å². The number of H-pyrrole nitrogens is 1. The predicted molar refractivity (Wildman–Crippen MR) is 101 cm³/mol. The van der Waals surface area contributed by atoms with Crippen molar-refractivity contribution in [1.29, 1.82) is 0 Å². The maximum absolute atomic E-state index is 12.2. The van der Waals surface area contributed by atoms with Crippen molar-refractivity contribution in [3.05, 3.63) is 68.4 Å². The third-order valence-electron chi connectivity index (χ3n) is 3.86. The highest BCUT2D eigenvalue weighted by molar-refractivity contribution is 7.18. The summed E-state index contributed by atoms with van der Waals surface area (Å²) in [6.45, 7) is 2.43. The van der Waals surface area contributed by atoms with Crippen LogP contribution in [0.15, 0.2) is 47.3 Å². The van der Waals surface area contributed by atoms with Crippen LogP contribution in [0, 0.1) is 6.92 Å². The Balaban J connectivity index is 1.63. The first-order chi connectivity index (χ1) is 11.6. The van der Waals surface area contributed by atoms with Gasteiger partial charge in [-0.1, -0.05) is 11.6 Å². The van der Waals surface area contributed by atoms with E-state index in [0.717, 1.165) is 31.8 Å². The molecule has 0 aliphatic rings. The molecule has 0 aliphatic carbocycles. The Labute approximate surface area is 147 Å². The molecule has 0 aliphatic heterocycles. The number of pyridine rings is 1. The molecule has 2 aromatic heterocycles. The van der Waals surface area contributed by atoms with Crippen LogP contribution in [0.1, 0.15) is 10.6 Å². The van der Waals surface area contributed by atoms with E-state index in [1.165, 1.54) is 0 Å². The van der Waals surface area contributed by atoms with E-state index in [0.29, 0.717) is 17.1 Å². The van der Waals surface area contributed by atoms with E-state index in [4.69, 9.17) is 11.6 Å².